The molecule has 1 nitrogen and oxygen atoms in total. The molecule has 2 atom stereocenters. The van der Waals surface area contributed by atoms with Crippen LogP contribution in [0.3, 0.4) is 0 Å². The van der Waals surface area contributed by atoms with Gasteiger partial charge in [0.15, 0.2) is 0 Å². The van der Waals surface area contributed by atoms with Crippen molar-refractivity contribution in [3.8, 4) is 0 Å². The molecule has 0 heterocycles. The Kier molecular flexibility index (Phi) is 3.01. The first-order valence-electron chi connectivity index (χ1n) is 5.37. The summed E-state index contributed by atoms with van der Waals surface area (Å²) in [5, 5.41) is 0.638. The fraction of sp³-hybridized carbons (Fsp3) is 0.462. The Morgan fingerprint density at radius 1 is 1.29 bits per heavy atom. The molecule has 2 rings (SSSR count). The highest BCUT2D eigenvalue weighted by Gasteiger charge is 2.75. The molecular formula is C13H13Cl3O. The summed E-state index contributed by atoms with van der Waals surface area (Å²) in [5.41, 5.74) is 1.41. The van der Waals surface area contributed by atoms with Crippen LogP contribution >= 0.6 is 34.8 Å². The number of hydrogen-bond donors (Lipinski definition) is 0. The van der Waals surface area contributed by atoms with Crippen LogP contribution in [0, 0.1) is 12.8 Å². The third kappa shape index (κ3) is 1.80. The van der Waals surface area contributed by atoms with Gasteiger partial charge >= 0.3 is 0 Å². The SMILES string of the molecule is CC(=O)C1C(Cl)(Cl)C1(C)c1cc(C)cc(Cl)c1. The maximum atomic E-state index is 11.6. The average molecular weight is 292 g/mol. The lowest BCUT2D eigenvalue weighted by Gasteiger charge is -2.14. The summed E-state index contributed by atoms with van der Waals surface area (Å²) in [6.07, 6.45) is 0. The van der Waals surface area contributed by atoms with Crippen LogP contribution in [0.25, 0.3) is 0 Å². The minimum absolute atomic E-state index is 0.00938. The van der Waals surface area contributed by atoms with Crippen molar-refractivity contribution >= 4 is 40.6 Å². The van der Waals surface area contributed by atoms with E-state index in [-0.39, 0.29) is 11.7 Å². The highest BCUT2D eigenvalue weighted by atomic mass is 35.5. The van der Waals surface area contributed by atoms with Crippen LogP contribution in [-0.2, 0) is 10.2 Å². The first-order chi connectivity index (χ1) is 7.71. The molecule has 92 valence electrons. The zero-order valence-corrected chi connectivity index (χ0v) is 12.1. The van der Waals surface area contributed by atoms with Gasteiger partial charge in [0.05, 0.1) is 5.92 Å². The second-order valence-corrected chi connectivity index (χ2v) is 6.71. The van der Waals surface area contributed by atoms with Gasteiger partial charge in [-0.3, -0.25) is 4.79 Å². The second-order valence-electron chi connectivity index (χ2n) is 4.89. The molecule has 2 unspecified atom stereocenters. The van der Waals surface area contributed by atoms with Gasteiger partial charge in [0.1, 0.15) is 10.1 Å². The first-order valence-corrected chi connectivity index (χ1v) is 6.50. The van der Waals surface area contributed by atoms with Gasteiger partial charge in [0.25, 0.3) is 0 Å². The second kappa shape index (κ2) is 3.88. The van der Waals surface area contributed by atoms with Gasteiger partial charge in [-0.25, -0.2) is 0 Å². The van der Waals surface area contributed by atoms with E-state index in [1.165, 1.54) is 6.92 Å². The molecule has 0 saturated heterocycles. The van der Waals surface area contributed by atoms with Gasteiger partial charge in [-0.15, -0.1) is 0 Å². The Balaban J connectivity index is 2.51. The normalized spacial score (nSPS) is 30.1. The topological polar surface area (TPSA) is 17.1 Å². The number of alkyl halides is 2. The number of Topliss-reactive ketones (excluding diaryl/α,β-unsaturated/α-hetero) is 1. The Morgan fingerprint density at radius 2 is 1.88 bits per heavy atom. The number of carbonyl (C=O) groups is 1. The van der Waals surface area contributed by atoms with E-state index in [0.717, 1.165) is 11.1 Å². The smallest absolute Gasteiger partial charge is 0.139 e. The van der Waals surface area contributed by atoms with E-state index in [0.29, 0.717) is 5.02 Å². The first kappa shape index (κ1) is 13.2. The van der Waals surface area contributed by atoms with Crippen molar-refractivity contribution in [2.75, 3.05) is 0 Å². The Morgan fingerprint density at radius 3 is 2.29 bits per heavy atom. The molecule has 1 aliphatic rings. The number of benzene rings is 1. The molecule has 1 aliphatic carbocycles. The predicted molar refractivity (Wildman–Crippen MR) is 72.1 cm³/mol. The molecule has 0 N–H and O–H groups in total. The molecule has 17 heavy (non-hydrogen) atoms. The Labute approximate surface area is 116 Å². The zero-order chi connectivity index (χ0) is 13.0. The van der Waals surface area contributed by atoms with E-state index >= 15 is 0 Å². The molecule has 1 aromatic carbocycles. The largest absolute Gasteiger partial charge is 0.300 e. The number of rotatable bonds is 2. The monoisotopic (exact) mass is 290 g/mol. The highest BCUT2D eigenvalue weighted by Crippen LogP contribution is 2.69. The summed E-state index contributed by atoms with van der Waals surface area (Å²) in [6.45, 7) is 5.38. The summed E-state index contributed by atoms with van der Waals surface area (Å²) in [5.74, 6) is -0.355. The number of carbonyl (C=O) groups excluding carboxylic acids is 1. The van der Waals surface area contributed by atoms with Gasteiger partial charge in [-0.1, -0.05) is 47.8 Å². The molecule has 0 aromatic heterocycles. The molecule has 0 bridgehead atoms. The average Bonchev–Trinajstić information content (AvgIpc) is 2.60. The van der Waals surface area contributed by atoms with Gasteiger partial charge in [0.2, 0.25) is 0 Å². The third-order valence-electron chi connectivity index (χ3n) is 3.60. The number of aryl methyl sites for hydroxylation is 1. The standard InChI is InChI=1S/C13H13Cl3O/c1-7-4-9(6-10(14)5-7)12(3)11(8(2)17)13(12,15)16/h4-6,11H,1-3H3. The van der Waals surface area contributed by atoms with E-state index in [1.807, 2.05) is 32.0 Å². The molecular weight excluding hydrogens is 279 g/mol. The predicted octanol–water partition coefficient (Wildman–Crippen LogP) is 4.30. The number of hydrogen-bond acceptors (Lipinski definition) is 1. The lowest BCUT2D eigenvalue weighted by atomic mass is 9.93. The minimum atomic E-state index is -1.03. The van der Waals surface area contributed by atoms with Crippen LogP contribution in [0.15, 0.2) is 18.2 Å². The van der Waals surface area contributed by atoms with Crippen molar-refractivity contribution < 1.29 is 4.79 Å². The van der Waals surface area contributed by atoms with Gasteiger partial charge in [0, 0.05) is 10.4 Å². The molecule has 1 saturated carbocycles. The number of ketones is 1. The fourth-order valence-corrected chi connectivity index (χ4v) is 3.95. The van der Waals surface area contributed by atoms with E-state index in [1.54, 1.807) is 0 Å². The molecule has 4 heteroatoms. The van der Waals surface area contributed by atoms with E-state index in [9.17, 15) is 4.79 Å². The highest BCUT2D eigenvalue weighted by molar-refractivity contribution is 6.54. The van der Waals surface area contributed by atoms with Gasteiger partial charge < -0.3 is 0 Å². The fourth-order valence-electron chi connectivity index (χ4n) is 2.59. The van der Waals surface area contributed by atoms with Crippen molar-refractivity contribution in [1.29, 1.82) is 0 Å². The summed E-state index contributed by atoms with van der Waals surface area (Å²) in [4.78, 5) is 11.6. The van der Waals surface area contributed by atoms with E-state index < -0.39 is 9.75 Å². The van der Waals surface area contributed by atoms with Crippen molar-refractivity contribution in [1.82, 2.24) is 0 Å². The van der Waals surface area contributed by atoms with Crippen molar-refractivity contribution in [3.05, 3.63) is 34.3 Å². The van der Waals surface area contributed by atoms with Crippen molar-refractivity contribution in [2.24, 2.45) is 5.92 Å². The molecule has 1 fully saturated rings. The zero-order valence-electron chi connectivity index (χ0n) is 9.85. The molecule has 1 aromatic rings. The van der Waals surface area contributed by atoms with Crippen LogP contribution in [0.4, 0.5) is 0 Å². The summed E-state index contributed by atoms with van der Waals surface area (Å²) >= 11 is 18.5. The van der Waals surface area contributed by atoms with Crippen LogP contribution < -0.4 is 0 Å². The van der Waals surface area contributed by atoms with E-state index in [2.05, 4.69) is 0 Å². The van der Waals surface area contributed by atoms with Crippen molar-refractivity contribution in [2.45, 2.75) is 30.5 Å². The van der Waals surface area contributed by atoms with Crippen LogP contribution in [0.5, 0.6) is 0 Å². The number of halogens is 3. The third-order valence-corrected chi connectivity index (χ3v) is 5.04. The lowest BCUT2D eigenvalue weighted by molar-refractivity contribution is -0.118. The van der Waals surface area contributed by atoms with Crippen LogP contribution in [0.1, 0.15) is 25.0 Å². The summed E-state index contributed by atoms with van der Waals surface area (Å²) in [7, 11) is 0. The quantitative estimate of drug-likeness (QED) is 0.743. The molecule has 0 amide bonds. The molecule has 0 radical (unpaired) electrons. The minimum Gasteiger partial charge on any atom is -0.300 e. The van der Waals surface area contributed by atoms with Crippen LogP contribution in [0.2, 0.25) is 5.02 Å². The van der Waals surface area contributed by atoms with Gasteiger partial charge in [-0.2, -0.15) is 0 Å². The van der Waals surface area contributed by atoms with Crippen LogP contribution in [-0.4, -0.2) is 10.1 Å². The maximum absolute atomic E-state index is 11.6. The van der Waals surface area contributed by atoms with Crippen molar-refractivity contribution in [3.63, 3.8) is 0 Å². The van der Waals surface area contributed by atoms with Gasteiger partial charge in [-0.05, 0) is 37.1 Å². The maximum Gasteiger partial charge on any atom is 0.139 e. The lowest BCUT2D eigenvalue weighted by Crippen LogP contribution is -2.11. The molecule has 0 aliphatic heterocycles. The molecule has 0 spiro atoms. The Hall–Kier alpha value is -0.240. The Bertz CT molecular complexity index is 475. The van der Waals surface area contributed by atoms with E-state index in [4.69, 9.17) is 34.8 Å². The summed E-state index contributed by atoms with van der Waals surface area (Å²) < 4.78 is -1.03. The summed E-state index contributed by atoms with van der Waals surface area (Å²) in [6, 6.07) is 5.68.